The maximum Gasteiger partial charge on any atom is 0.289 e. The lowest BCUT2D eigenvalue weighted by Crippen LogP contribution is -2.35. The van der Waals surface area contributed by atoms with Gasteiger partial charge in [0.2, 0.25) is 0 Å². The van der Waals surface area contributed by atoms with Crippen LogP contribution in [-0.4, -0.2) is 25.8 Å². The van der Waals surface area contributed by atoms with Crippen molar-refractivity contribution in [3.05, 3.63) is 75.9 Å². The summed E-state index contributed by atoms with van der Waals surface area (Å²) in [5, 5.41) is 2.04. The molecule has 0 fully saturated rings. The zero-order chi connectivity index (χ0) is 18.1. The summed E-state index contributed by atoms with van der Waals surface area (Å²) in [6, 6.07) is 13.4. The van der Waals surface area contributed by atoms with E-state index in [1.165, 1.54) is 10.4 Å². The Labute approximate surface area is 155 Å². The number of furan rings is 1. The predicted octanol–water partition coefficient (Wildman–Crippen LogP) is 3.51. The molecule has 0 atom stereocenters. The zero-order valence-corrected chi connectivity index (χ0v) is 15.6. The highest BCUT2D eigenvalue weighted by Crippen LogP contribution is 2.26. The van der Waals surface area contributed by atoms with Crippen LogP contribution in [0.3, 0.4) is 0 Å². The van der Waals surface area contributed by atoms with E-state index in [9.17, 15) is 13.2 Å². The van der Waals surface area contributed by atoms with E-state index < -0.39 is 9.84 Å². The molecule has 134 valence electrons. The molecule has 0 radical (unpaired) electrons. The van der Waals surface area contributed by atoms with Gasteiger partial charge in [-0.25, -0.2) is 8.42 Å². The van der Waals surface area contributed by atoms with Crippen molar-refractivity contribution in [3.8, 4) is 0 Å². The van der Waals surface area contributed by atoms with Crippen molar-refractivity contribution in [1.82, 2.24) is 4.90 Å². The van der Waals surface area contributed by atoms with E-state index in [4.69, 9.17) is 4.42 Å². The topological polar surface area (TPSA) is 67.6 Å². The van der Waals surface area contributed by atoms with Gasteiger partial charge in [-0.2, -0.15) is 0 Å². The van der Waals surface area contributed by atoms with Gasteiger partial charge in [0.25, 0.3) is 5.91 Å². The number of fused-ring (bicyclic) bond motifs is 1. The Hall–Kier alpha value is -2.38. The first-order chi connectivity index (χ1) is 12.5. The summed E-state index contributed by atoms with van der Waals surface area (Å²) in [6.45, 7) is 1.21. The molecule has 0 unspecified atom stereocenters. The van der Waals surface area contributed by atoms with Gasteiger partial charge in [-0.05, 0) is 47.7 Å². The first-order valence-corrected chi connectivity index (χ1v) is 10.8. The largest absolute Gasteiger partial charge is 0.455 e. The normalized spacial score (nSPS) is 14.2. The molecule has 4 rings (SSSR count). The molecule has 7 heteroatoms. The summed E-state index contributed by atoms with van der Waals surface area (Å²) < 4.78 is 30.4. The molecule has 1 aliphatic heterocycles. The van der Waals surface area contributed by atoms with Gasteiger partial charge >= 0.3 is 0 Å². The summed E-state index contributed by atoms with van der Waals surface area (Å²) in [5.74, 6) is -0.0171. The number of amides is 1. The highest BCUT2D eigenvalue weighted by atomic mass is 32.2. The van der Waals surface area contributed by atoms with Crippen LogP contribution in [0.5, 0.6) is 0 Å². The number of hydrogen-bond donors (Lipinski definition) is 0. The van der Waals surface area contributed by atoms with Crippen molar-refractivity contribution in [2.45, 2.75) is 23.6 Å². The highest BCUT2D eigenvalue weighted by molar-refractivity contribution is 7.90. The summed E-state index contributed by atoms with van der Waals surface area (Å²) in [6.07, 6.45) is 0.842. The molecule has 3 heterocycles. The average molecular weight is 387 g/mol. The molecule has 0 spiro atoms. The van der Waals surface area contributed by atoms with Gasteiger partial charge in [0.05, 0.1) is 4.90 Å². The maximum absolute atomic E-state index is 12.7. The fourth-order valence-electron chi connectivity index (χ4n) is 3.05. The Morgan fingerprint density at radius 2 is 1.92 bits per heavy atom. The van der Waals surface area contributed by atoms with Gasteiger partial charge in [-0.15, -0.1) is 11.3 Å². The number of benzene rings is 1. The Bertz CT molecular complexity index is 1030. The van der Waals surface area contributed by atoms with E-state index in [1.807, 2.05) is 11.4 Å². The number of carbonyl (C=O) groups excluding carboxylic acids is 1. The molecule has 1 aromatic carbocycles. The quantitative estimate of drug-likeness (QED) is 0.687. The van der Waals surface area contributed by atoms with Gasteiger partial charge in [0.1, 0.15) is 11.5 Å². The molecule has 0 aliphatic carbocycles. The van der Waals surface area contributed by atoms with Gasteiger partial charge in [-0.1, -0.05) is 18.2 Å². The van der Waals surface area contributed by atoms with E-state index in [1.54, 1.807) is 58.7 Å². The monoisotopic (exact) mass is 387 g/mol. The van der Waals surface area contributed by atoms with Crippen LogP contribution in [0.4, 0.5) is 0 Å². The standard InChI is InChI=1S/C19H17NO4S2/c21-19(20-10-8-18-14(12-20)9-11-25-18)17-7-6-15(24-17)13-26(22,23)16-4-2-1-3-5-16/h1-7,9,11H,8,10,12-13H2. The van der Waals surface area contributed by atoms with E-state index in [-0.39, 0.29) is 28.1 Å². The van der Waals surface area contributed by atoms with Crippen LogP contribution in [0.1, 0.15) is 26.8 Å². The van der Waals surface area contributed by atoms with Crippen molar-refractivity contribution < 1.29 is 17.6 Å². The third kappa shape index (κ3) is 3.32. The van der Waals surface area contributed by atoms with Gasteiger partial charge in [-0.3, -0.25) is 4.79 Å². The molecular weight excluding hydrogens is 370 g/mol. The van der Waals surface area contributed by atoms with E-state index in [2.05, 4.69) is 0 Å². The minimum absolute atomic E-state index is 0.182. The zero-order valence-electron chi connectivity index (χ0n) is 13.9. The van der Waals surface area contributed by atoms with Crippen LogP contribution < -0.4 is 0 Å². The van der Waals surface area contributed by atoms with Crippen LogP contribution in [0.2, 0.25) is 0 Å². The second-order valence-electron chi connectivity index (χ2n) is 6.18. The van der Waals surface area contributed by atoms with Gasteiger partial charge in [0.15, 0.2) is 15.6 Å². The summed E-state index contributed by atoms with van der Waals surface area (Å²) in [7, 11) is -3.50. The molecule has 1 amide bonds. The first-order valence-electron chi connectivity index (χ1n) is 8.24. The molecular formula is C19H17NO4S2. The molecule has 2 aromatic heterocycles. The molecule has 26 heavy (non-hydrogen) atoms. The van der Waals surface area contributed by atoms with Crippen LogP contribution in [0, 0.1) is 0 Å². The Morgan fingerprint density at radius 1 is 1.12 bits per heavy atom. The first kappa shape index (κ1) is 17.1. The summed E-state index contributed by atoms with van der Waals surface area (Å²) in [4.78, 5) is 16.0. The lowest BCUT2D eigenvalue weighted by atomic mass is 10.1. The number of hydrogen-bond acceptors (Lipinski definition) is 5. The lowest BCUT2D eigenvalue weighted by Gasteiger charge is -2.26. The second kappa shape index (κ2) is 6.74. The van der Waals surface area contributed by atoms with Crippen LogP contribution >= 0.6 is 11.3 Å². The average Bonchev–Trinajstić information content (AvgIpc) is 3.30. The fourth-order valence-corrected chi connectivity index (χ4v) is 5.20. The van der Waals surface area contributed by atoms with Crippen molar-refractivity contribution >= 4 is 27.1 Å². The highest BCUT2D eigenvalue weighted by Gasteiger charge is 2.25. The summed E-state index contributed by atoms with van der Waals surface area (Å²) >= 11 is 1.72. The molecule has 3 aromatic rings. The number of nitrogens with zero attached hydrogens (tertiary/aromatic N) is 1. The van der Waals surface area contributed by atoms with Crippen molar-refractivity contribution in [1.29, 1.82) is 0 Å². The van der Waals surface area contributed by atoms with Crippen molar-refractivity contribution in [2.75, 3.05) is 6.54 Å². The van der Waals surface area contributed by atoms with E-state index in [0.29, 0.717) is 13.1 Å². The second-order valence-corrected chi connectivity index (χ2v) is 9.17. The third-order valence-corrected chi connectivity index (χ3v) is 7.08. The Kier molecular flexibility index (Phi) is 4.42. The minimum atomic E-state index is -3.50. The summed E-state index contributed by atoms with van der Waals surface area (Å²) in [5.41, 5.74) is 1.17. The van der Waals surface area contributed by atoms with Gasteiger partial charge in [0, 0.05) is 18.0 Å². The Morgan fingerprint density at radius 3 is 2.73 bits per heavy atom. The van der Waals surface area contributed by atoms with Crippen LogP contribution in [0.25, 0.3) is 0 Å². The Balaban J connectivity index is 1.49. The van der Waals surface area contributed by atoms with Crippen LogP contribution in [0.15, 0.2) is 63.2 Å². The van der Waals surface area contributed by atoms with E-state index in [0.717, 1.165) is 6.42 Å². The number of thiophene rings is 1. The molecule has 0 bridgehead atoms. The molecule has 1 aliphatic rings. The van der Waals surface area contributed by atoms with Crippen molar-refractivity contribution in [3.63, 3.8) is 0 Å². The van der Waals surface area contributed by atoms with E-state index >= 15 is 0 Å². The fraction of sp³-hybridized carbons (Fsp3) is 0.211. The lowest BCUT2D eigenvalue weighted by molar-refractivity contribution is 0.0702. The third-order valence-electron chi connectivity index (χ3n) is 4.40. The SMILES string of the molecule is O=C(c1ccc(CS(=O)(=O)c2ccccc2)o1)N1CCc2sccc2C1. The number of sulfone groups is 1. The molecule has 0 N–H and O–H groups in total. The predicted molar refractivity (Wildman–Crippen MR) is 98.8 cm³/mol. The smallest absolute Gasteiger partial charge is 0.289 e. The molecule has 5 nitrogen and oxygen atoms in total. The molecule has 0 saturated carbocycles. The van der Waals surface area contributed by atoms with Crippen LogP contribution in [-0.2, 0) is 28.6 Å². The minimum Gasteiger partial charge on any atom is -0.455 e. The maximum atomic E-state index is 12.7. The van der Waals surface area contributed by atoms with Gasteiger partial charge < -0.3 is 9.32 Å². The molecule has 0 saturated heterocycles. The number of rotatable bonds is 4. The number of carbonyl (C=O) groups is 1. The van der Waals surface area contributed by atoms with Crippen molar-refractivity contribution in [2.24, 2.45) is 0 Å².